The first kappa shape index (κ1) is 14.8. The van der Waals surface area contributed by atoms with E-state index in [1.54, 1.807) is 0 Å². The lowest BCUT2D eigenvalue weighted by Crippen LogP contribution is -2.30. The second kappa shape index (κ2) is 6.34. The second-order valence-corrected chi connectivity index (χ2v) is 7.41. The fraction of sp³-hybridized carbons (Fsp3) is 0.650. The Morgan fingerprint density at radius 2 is 1.48 bits per heavy atom. The minimum atomic E-state index is -0.107. The highest BCUT2D eigenvalue weighted by Crippen LogP contribution is 2.39. The van der Waals surface area contributed by atoms with Crippen LogP contribution in [0.4, 0.5) is 0 Å². The summed E-state index contributed by atoms with van der Waals surface area (Å²) in [5.41, 5.74) is 2.27. The van der Waals surface area contributed by atoms with Crippen LogP contribution in [-0.2, 0) is 0 Å². The molecule has 0 heterocycles. The van der Waals surface area contributed by atoms with E-state index in [-0.39, 0.29) is 5.41 Å². The summed E-state index contributed by atoms with van der Waals surface area (Å²) in [7, 11) is 0. The lowest BCUT2D eigenvalue weighted by atomic mass is 9.71. The van der Waals surface area contributed by atoms with Crippen molar-refractivity contribution in [2.75, 3.05) is 0 Å². The number of carbonyl (C=O) groups excluding carboxylic acids is 1. The van der Waals surface area contributed by atoms with Crippen molar-refractivity contribution in [3.8, 4) is 0 Å². The molecule has 2 aliphatic carbocycles. The van der Waals surface area contributed by atoms with Gasteiger partial charge in [0, 0.05) is 11.0 Å². The smallest absolute Gasteiger partial charge is 0.168 e. The molecule has 0 N–H and O–H groups in total. The van der Waals surface area contributed by atoms with Gasteiger partial charge in [0.25, 0.3) is 0 Å². The summed E-state index contributed by atoms with van der Waals surface area (Å²) in [5, 5.41) is 0. The SMILES string of the molecule is CC1(C(=O)c2ccc(C3CCCCC3)cc2)CCCCC1. The van der Waals surface area contributed by atoms with E-state index in [1.807, 2.05) is 0 Å². The van der Waals surface area contributed by atoms with Crippen LogP contribution in [0.15, 0.2) is 24.3 Å². The largest absolute Gasteiger partial charge is 0.294 e. The van der Waals surface area contributed by atoms with Crippen molar-refractivity contribution in [3.05, 3.63) is 35.4 Å². The third kappa shape index (κ3) is 3.22. The second-order valence-electron chi connectivity index (χ2n) is 7.41. The fourth-order valence-corrected chi connectivity index (χ4v) is 4.25. The van der Waals surface area contributed by atoms with Crippen molar-refractivity contribution in [1.82, 2.24) is 0 Å². The van der Waals surface area contributed by atoms with E-state index in [0.29, 0.717) is 5.78 Å². The molecule has 0 atom stereocenters. The zero-order valence-electron chi connectivity index (χ0n) is 13.4. The minimum Gasteiger partial charge on any atom is -0.294 e. The average molecular weight is 284 g/mol. The summed E-state index contributed by atoms with van der Waals surface area (Å²) in [5.74, 6) is 1.10. The molecule has 0 aromatic heterocycles. The van der Waals surface area contributed by atoms with Crippen molar-refractivity contribution < 1.29 is 4.79 Å². The van der Waals surface area contributed by atoms with Crippen LogP contribution in [-0.4, -0.2) is 5.78 Å². The van der Waals surface area contributed by atoms with Crippen molar-refractivity contribution in [2.24, 2.45) is 5.41 Å². The lowest BCUT2D eigenvalue weighted by Gasteiger charge is -2.32. The van der Waals surface area contributed by atoms with Gasteiger partial charge in [0.2, 0.25) is 0 Å². The van der Waals surface area contributed by atoms with Crippen molar-refractivity contribution >= 4 is 5.78 Å². The number of hydrogen-bond donors (Lipinski definition) is 0. The normalized spacial score (nSPS) is 22.9. The van der Waals surface area contributed by atoms with Gasteiger partial charge in [0.15, 0.2) is 5.78 Å². The molecule has 1 aromatic carbocycles. The van der Waals surface area contributed by atoms with Crippen LogP contribution in [0.2, 0.25) is 0 Å². The van der Waals surface area contributed by atoms with E-state index in [1.165, 1.54) is 56.9 Å². The maximum absolute atomic E-state index is 12.8. The fourth-order valence-electron chi connectivity index (χ4n) is 4.25. The maximum atomic E-state index is 12.8. The van der Waals surface area contributed by atoms with Gasteiger partial charge in [-0.2, -0.15) is 0 Å². The van der Waals surface area contributed by atoms with E-state index in [4.69, 9.17) is 0 Å². The van der Waals surface area contributed by atoms with Gasteiger partial charge in [-0.1, -0.05) is 69.7 Å². The first-order valence-electron chi connectivity index (χ1n) is 8.84. The Morgan fingerprint density at radius 1 is 0.905 bits per heavy atom. The molecule has 2 fully saturated rings. The standard InChI is InChI=1S/C20H28O/c1-20(14-6-3-7-15-20)19(21)18-12-10-17(11-13-18)16-8-4-2-5-9-16/h10-13,16H,2-9,14-15H2,1H3. The van der Waals surface area contributed by atoms with Gasteiger partial charge >= 0.3 is 0 Å². The van der Waals surface area contributed by atoms with Crippen LogP contribution >= 0.6 is 0 Å². The summed E-state index contributed by atoms with van der Waals surface area (Å²) >= 11 is 0. The van der Waals surface area contributed by atoms with Gasteiger partial charge in [-0.15, -0.1) is 0 Å². The molecule has 0 amide bonds. The Hall–Kier alpha value is -1.11. The molecule has 0 unspecified atom stereocenters. The van der Waals surface area contributed by atoms with E-state index in [2.05, 4.69) is 31.2 Å². The molecule has 2 saturated carbocycles. The molecule has 2 aliphatic rings. The quantitative estimate of drug-likeness (QED) is 0.633. The van der Waals surface area contributed by atoms with Crippen molar-refractivity contribution in [3.63, 3.8) is 0 Å². The number of ketones is 1. The van der Waals surface area contributed by atoms with Gasteiger partial charge in [-0.3, -0.25) is 4.79 Å². The van der Waals surface area contributed by atoms with Crippen molar-refractivity contribution in [2.45, 2.75) is 77.0 Å². The van der Waals surface area contributed by atoms with Gasteiger partial charge in [-0.05, 0) is 37.2 Å². The summed E-state index contributed by atoms with van der Waals surface area (Å²) in [4.78, 5) is 12.8. The van der Waals surface area contributed by atoms with E-state index in [0.717, 1.165) is 24.3 Å². The van der Waals surface area contributed by atoms with E-state index >= 15 is 0 Å². The van der Waals surface area contributed by atoms with Crippen LogP contribution in [0.5, 0.6) is 0 Å². The first-order valence-corrected chi connectivity index (χ1v) is 8.84. The minimum absolute atomic E-state index is 0.107. The van der Waals surface area contributed by atoms with Gasteiger partial charge in [-0.25, -0.2) is 0 Å². The third-order valence-electron chi connectivity index (χ3n) is 5.75. The van der Waals surface area contributed by atoms with Crippen LogP contribution in [0.1, 0.15) is 93.0 Å². The molecule has 1 aromatic rings. The van der Waals surface area contributed by atoms with E-state index in [9.17, 15) is 4.79 Å². The molecule has 0 radical (unpaired) electrons. The Balaban J connectivity index is 1.72. The highest BCUT2D eigenvalue weighted by Gasteiger charge is 2.34. The van der Waals surface area contributed by atoms with E-state index < -0.39 is 0 Å². The Labute approximate surface area is 129 Å². The predicted molar refractivity (Wildman–Crippen MR) is 87.8 cm³/mol. The summed E-state index contributed by atoms with van der Waals surface area (Å²) in [6, 6.07) is 8.61. The molecule has 0 saturated heterocycles. The molecule has 0 spiro atoms. The van der Waals surface area contributed by atoms with Gasteiger partial charge in [0.05, 0.1) is 0 Å². The molecule has 1 nitrogen and oxygen atoms in total. The molecule has 0 aliphatic heterocycles. The monoisotopic (exact) mass is 284 g/mol. The zero-order chi connectivity index (χ0) is 14.7. The van der Waals surface area contributed by atoms with Crippen LogP contribution in [0.25, 0.3) is 0 Å². The number of benzene rings is 1. The Kier molecular flexibility index (Phi) is 4.47. The summed E-state index contributed by atoms with van der Waals surface area (Å²) in [6.45, 7) is 2.17. The molecule has 114 valence electrons. The number of hydrogen-bond acceptors (Lipinski definition) is 1. The van der Waals surface area contributed by atoms with Crippen LogP contribution in [0.3, 0.4) is 0 Å². The Bertz CT molecular complexity index is 473. The van der Waals surface area contributed by atoms with Crippen LogP contribution < -0.4 is 0 Å². The molecular formula is C20H28O. The molecule has 0 bridgehead atoms. The number of Topliss-reactive ketones (excluding diaryl/α,β-unsaturated/α-hetero) is 1. The predicted octanol–water partition coefficient (Wildman–Crippen LogP) is 5.89. The lowest BCUT2D eigenvalue weighted by molar-refractivity contribution is 0.0749. The molecule has 3 rings (SSSR count). The molecule has 1 heteroatoms. The molecular weight excluding hydrogens is 256 g/mol. The summed E-state index contributed by atoms with van der Waals surface area (Å²) in [6.07, 6.45) is 12.6. The van der Waals surface area contributed by atoms with Crippen molar-refractivity contribution in [1.29, 1.82) is 0 Å². The highest BCUT2D eigenvalue weighted by molar-refractivity contribution is 6.00. The third-order valence-corrected chi connectivity index (χ3v) is 5.75. The van der Waals surface area contributed by atoms with Gasteiger partial charge in [0.1, 0.15) is 0 Å². The molecule has 21 heavy (non-hydrogen) atoms. The average Bonchev–Trinajstić information content (AvgIpc) is 2.56. The zero-order valence-corrected chi connectivity index (χ0v) is 13.4. The summed E-state index contributed by atoms with van der Waals surface area (Å²) < 4.78 is 0. The highest BCUT2D eigenvalue weighted by atomic mass is 16.1. The number of rotatable bonds is 3. The van der Waals surface area contributed by atoms with Crippen LogP contribution in [0, 0.1) is 5.41 Å². The Morgan fingerprint density at radius 3 is 2.10 bits per heavy atom. The maximum Gasteiger partial charge on any atom is 0.168 e. The first-order chi connectivity index (χ1) is 10.2. The topological polar surface area (TPSA) is 17.1 Å². The number of carbonyl (C=O) groups is 1. The van der Waals surface area contributed by atoms with Gasteiger partial charge < -0.3 is 0 Å².